The van der Waals surface area contributed by atoms with E-state index in [1.165, 1.54) is 0 Å². The molecule has 1 fully saturated rings. The van der Waals surface area contributed by atoms with Gasteiger partial charge in [0.25, 0.3) is 5.91 Å². The van der Waals surface area contributed by atoms with E-state index in [9.17, 15) is 4.79 Å². The molecular formula is C13H15Br2NO. The molecule has 1 aliphatic rings. The van der Waals surface area contributed by atoms with Crippen LogP contribution in [-0.2, 0) is 0 Å². The maximum Gasteiger partial charge on any atom is 0.255 e. The highest BCUT2D eigenvalue weighted by Gasteiger charge is 2.26. The molecule has 2 nitrogen and oxygen atoms in total. The van der Waals surface area contributed by atoms with E-state index in [2.05, 4.69) is 38.8 Å². The smallest absolute Gasteiger partial charge is 0.255 e. The zero-order valence-electron chi connectivity index (χ0n) is 9.75. The van der Waals surface area contributed by atoms with Crippen molar-refractivity contribution < 1.29 is 4.79 Å². The lowest BCUT2D eigenvalue weighted by Gasteiger charge is -2.17. The van der Waals surface area contributed by atoms with Crippen LogP contribution in [0.2, 0.25) is 0 Å². The van der Waals surface area contributed by atoms with Gasteiger partial charge in [-0.05, 0) is 46.5 Å². The molecule has 0 spiro atoms. The quantitative estimate of drug-likeness (QED) is 0.777. The van der Waals surface area contributed by atoms with E-state index in [0.29, 0.717) is 5.92 Å². The summed E-state index contributed by atoms with van der Waals surface area (Å²) in [5, 5.41) is 0. The Hall–Kier alpha value is -0.350. The Morgan fingerprint density at radius 2 is 2.24 bits per heavy atom. The van der Waals surface area contributed by atoms with E-state index in [0.717, 1.165) is 40.4 Å². The first-order valence-corrected chi connectivity index (χ1v) is 7.44. The highest BCUT2D eigenvalue weighted by Crippen LogP contribution is 2.26. The van der Waals surface area contributed by atoms with E-state index < -0.39 is 0 Å². The number of hydrogen-bond donors (Lipinski definition) is 0. The number of halogens is 2. The van der Waals surface area contributed by atoms with Gasteiger partial charge in [-0.2, -0.15) is 0 Å². The molecule has 0 radical (unpaired) electrons. The summed E-state index contributed by atoms with van der Waals surface area (Å²) in [5.41, 5.74) is 0.746. The Labute approximate surface area is 119 Å². The lowest BCUT2D eigenvalue weighted by atomic mass is 10.1. The van der Waals surface area contributed by atoms with Crippen molar-refractivity contribution in [2.75, 3.05) is 13.1 Å². The largest absolute Gasteiger partial charge is 0.338 e. The molecule has 0 saturated carbocycles. The molecule has 4 heteroatoms. The predicted octanol–water partition coefficient (Wildman–Crippen LogP) is 4.08. The van der Waals surface area contributed by atoms with Crippen LogP contribution in [-0.4, -0.2) is 23.9 Å². The van der Waals surface area contributed by atoms with Gasteiger partial charge in [-0.1, -0.05) is 29.3 Å². The van der Waals surface area contributed by atoms with Gasteiger partial charge in [-0.25, -0.2) is 0 Å². The van der Waals surface area contributed by atoms with Gasteiger partial charge in [-0.3, -0.25) is 4.79 Å². The fourth-order valence-electron chi connectivity index (χ4n) is 2.18. The molecule has 0 aliphatic carbocycles. The molecular weight excluding hydrogens is 346 g/mol. The summed E-state index contributed by atoms with van der Waals surface area (Å²) in [5.74, 6) is 0.805. The fourth-order valence-corrected chi connectivity index (χ4v) is 2.96. The zero-order chi connectivity index (χ0) is 12.4. The molecule has 1 atom stereocenters. The molecule has 1 unspecified atom stereocenters. The van der Waals surface area contributed by atoms with Crippen molar-refractivity contribution in [2.45, 2.75) is 19.8 Å². The Balaban J connectivity index is 2.17. The van der Waals surface area contributed by atoms with Crippen LogP contribution in [0.15, 0.2) is 27.1 Å². The summed E-state index contributed by atoms with van der Waals surface area (Å²) in [6, 6.07) is 5.72. The summed E-state index contributed by atoms with van der Waals surface area (Å²) in [6.07, 6.45) is 2.29. The average Bonchev–Trinajstić information content (AvgIpc) is 2.80. The molecule has 1 aromatic rings. The van der Waals surface area contributed by atoms with Gasteiger partial charge < -0.3 is 4.90 Å². The zero-order valence-corrected chi connectivity index (χ0v) is 12.9. The van der Waals surface area contributed by atoms with Crippen molar-refractivity contribution in [1.29, 1.82) is 0 Å². The topological polar surface area (TPSA) is 20.3 Å². The maximum absolute atomic E-state index is 12.4. The summed E-state index contributed by atoms with van der Waals surface area (Å²) in [6.45, 7) is 3.97. The second kappa shape index (κ2) is 5.53. The molecule has 0 aromatic heterocycles. The number of amides is 1. The van der Waals surface area contributed by atoms with E-state index in [4.69, 9.17) is 0 Å². The summed E-state index contributed by atoms with van der Waals surface area (Å²) >= 11 is 6.85. The van der Waals surface area contributed by atoms with Crippen LogP contribution < -0.4 is 0 Å². The van der Waals surface area contributed by atoms with Crippen LogP contribution in [0.25, 0.3) is 0 Å². The first kappa shape index (κ1) is 13.1. The highest BCUT2D eigenvalue weighted by molar-refractivity contribution is 9.11. The van der Waals surface area contributed by atoms with Crippen molar-refractivity contribution in [3.05, 3.63) is 32.7 Å². The third-order valence-corrected chi connectivity index (χ3v) is 4.49. The number of likely N-dealkylation sites (tertiary alicyclic amines) is 1. The van der Waals surface area contributed by atoms with Gasteiger partial charge in [0, 0.05) is 22.0 Å². The molecule has 1 amide bonds. The van der Waals surface area contributed by atoms with Crippen molar-refractivity contribution in [3.8, 4) is 0 Å². The maximum atomic E-state index is 12.4. The minimum absolute atomic E-state index is 0.133. The number of benzene rings is 1. The van der Waals surface area contributed by atoms with Crippen LogP contribution in [0.1, 0.15) is 30.1 Å². The minimum Gasteiger partial charge on any atom is -0.338 e. The van der Waals surface area contributed by atoms with Crippen LogP contribution in [0.3, 0.4) is 0 Å². The van der Waals surface area contributed by atoms with Gasteiger partial charge in [0.2, 0.25) is 0 Å². The van der Waals surface area contributed by atoms with Crippen molar-refractivity contribution >= 4 is 37.8 Å². The predicted molar refractivity (Wildman–Crippen MR) is 76.1 cm³/mol. The normalized spacial score (nSPS) is 19.7. The van der Waals surface area contributed by atoms with Crippen molar-refractivity contribution in [2.24, 2.45) is 5.92 Å². The molecule has 1 aromatic carbocycles. The molecule has 0 bridgehead atoms. The standard InChI is InChI=1S/C13H15Br2NO/c1-2-9-5-6-16(8-9)13(17)11-7-10(14)3-4-12(11)15/h3-4,7,9H,2,5-6,8H2,1H3. The second-order valence-electron chi connectivity index (χ2n) is 4.44. The van der Waals surface area contributed by atoms with Crippen LogP contribution in [0.5, 0.6) is 0 Å². The lowest BCUT2D eigenvalue weighted by Crippen LogP contribution is -2.28. The number of nitrogens with zero attached hydrogens (tertiary/aromatic N) is 1. The summed E-state index contributed by atoms with van der Waals surface area (Å²) < 4.78 is 1.81. The van der Waals surface area contributed by atoms with Crippen molar-refractivity contribution in [1.82, 2.24) is 4.90 Å². The minimum atomic E-state index is 0.133. The Kier molecular flexibility index (Phi) is 4.26. The second-order valence-corrected chi connectivity index (χ2v) is 6.21. The van der Waals surface area contributed by atoms with Gasteiger partial charge in [-0.15, -0.1) is 0 Å². The summed E-state index contributed by atoms with van der Waals surface area (Å²) in [7, 11) is 0. The monoisotopic (exact) mass is 359 g/mol. The van der Waals surface area contributed by atoms with E-state index in [-0.39, 0.29) is 5.91 Å². The number of carbonyl (C=O) groups excluding carboxylic acids is 1. The number of rotatable bonds is 2. The first-order chi connectivity index (χ1) is 8.11. The number of carbonyl (C=O) groups is 1. The molecule has 1 aliphatic heterocycles. The van der Waals surface area contributed by atoms with E-state index >= 15 is 0 Å². The lowest BCUT2D eigenvalue weighted by molar-refractivity contribution is 0.0786. The third kappa shape index (κ3) is 2.91. The first-order valence-electron chi connectivity index (χ1n) is 5.86. The SMILES string of the molecule is CCC1CCN(C(=O)c2cc(Br)ccc2Br)C1. The van der Waals surface area contributed by atoms with Gasteiger partial charge in [0.05, 0.1) is 5.56 Å². The third-order valence-electron chi connectivity index (χ3n) is 3.31. The molecule has 0 N–H and O–H groups in total. The molecule has 17 heavy (non-hydrogen) atoms. The number of hydrogen-bond acceptors (Lipinski definition) is 1. The molecule has 1 heterocycles. The molecule has 2 rings (SSSR count). The Morgan fingerprint density at radius 1 is 1.47 bits per heavy atom. The fraction of sp³-hybridized carbons (Fsp3) is 0.462. The van der Waals surface area contributed by atoms with E-state index in [1.54, 1.807) is 0 Å². The van der Waals surface area contributed by atoms with Crippen LogP contribution in [0, 0.1) is 5.92 Å². The Morgan fingerprint density at radius 3 is 2.88 bits per heavy atom. The van der Waals surface area contributed by atoms with Crippen LogP contribution in [0.4, 0.5) is 0 Å². The van der Waals surface area contributed by atoms with Gasteiger partial charge in [0.15, 0.2) is 0 Å². The summed E-state index contributed by atoms with van der Waals surface area (Å²) in [4.78, 5) is 14.3. The Bertz CT molecular complexity index is 433. The van der Waals surface area contributed by atoms with Gasteiger partial charge in [0.1, 0.15) is 0 Å². The van der Waals surface area contributed by atoms with Crippen molar-refractivity contribution in [3.63, 3.8) is 0 Å². The average molecular weight is 361 g/mol. The molecule has 92 valence electrons. The van der Waals surface area contributed by atoms with Crippen LogP contribution >= 0.6 is 31.9 Å². The highest BCUT2D eigenvalue weighted by atomic mass is 79.9. The molecule has 1 saturated heterocycles. The van der Waals surface area contributed by atoms with Gasteiger partial charge >= 0.3 is 0 Å². The van der Waals surface area contributed by atoms with E-state index in [1.807, 2.05) is 23.1 Å².